The molecule has 128 valence electrons. The summed E-state index contributed by atoms with van der Waals surface area (Å²) in [5.41, 5.74) is 0.361. The minimum atomic E-state index is -1.05. The lowest BCUT2D eigenvalue weighted by molar-refractivity contribution is 0.102. The van der Waals surface area contributed by atoms with Gasteiger partial charge < -0.3 is 14.6 Å². The van der Waals surface area contributed by atoms with E-state index in [1.165, 1.54) is 6.07 Å². The standard InChI is InChI=1S/C17H13F2N3O3/c1-10-20-16(22-25-10)9-24-15-5-3-2-4-12(15)17(23)21-11-6-7-13(18)14(19)8-11/h2-8H,9H2,1H3,(H,21,23). The molecular formula is C17H13F2N3O3. The van der Waals surface area contributed by atoms with E-state index in [1.807, 2.05) is 0 Å². The Balaban J connectivity index is 1.74. The summed E-state index contributed by atoms with van der Waals surface area (Å²) < 4.78 is 36.6. The van der Waals surface area contributed by atoms with Crippen LogP contribution in [0.15, 0.2) is 47.0 Å². The van der Waals surface area contributed by atoms with E-state index in [0.29, 0.717) is 17.5 Å². The molecular weight excluding hydrogens is 332 g/mol. The number of aryl methyl sites for hydroxylation is 1. The monoisotopic (exact) mass is 345 g/mol. The molecule has 3 aromatic rings. The highest BCUT2D eigenvalue weighted by Gasteiger charge is 2.14. The van der Waals surface area contributed by atoms with E-state index in [4.69, 9.17) is 9.26 Å². The summed E-state index contributed by atoms with van der Waals surface area (Å²) >= 11 is 0. The number of aromatic nitrogens is 2. The van der Waals surface area contributed by atoms with Crippen molar-refractivity contribution in [2.75, 3.05) is 5.32 Å². The molecule has 25 heavy (non-hydrogen) atoms. The highest BCUT2D eigenvalue weighted by atomic mass is 19.2. The third-order valence-corrected chi connectivity index (χ3v) is 3.24. The fraction of sp³-hybridized carbons (Fsp3) is 0.118. The molecule has 0 saturated carbocycles. The molecule has 1 N–H and O–H groups in total. The molecule has 1 aromatic heterocycles. The van der Waals surface area contributed by atoms with Gasteiger partial charge in [0.25, 0.3) is 5.91 Å². The van der Waals surface area contributed by atoms with Crippen LogP contribution in [-0.2, 0) is 6.61 Å². The van der Waals surface area contributed by atoms with Gasteiger partial charge in [0, 0.05) is 18.7 Å². The van der Waals surface area contributed by atoms with Crippen molar-refractivity contribution in [2.24, 2.45) is 0 Å². The predicted molar refractivity (Wildman–Crippen MR) is 84.1 cm³/mol. The van der Waals surface area contributed by atoms with Gasteiger partial charge in [-0.05, 0) is 24.3 Å². The Hall–Kier alpha value is -3.29. The molecule has 3 rings (SSSR count). The van der Waals surface area contributed by atoms with Crippen LogP contribution in [0.1, 0.15) is 22.1 Å². The number of rotatable bonds is 5. The minimum Gasteiger partial charge on any atom is -0.485 e. The number of benzene rings is 2. The van der Waals surface area contributed by atoms with E-state index in [2.05, 4.69) is 15.5 Å². The highest BCUT2D eigenvalue weighted by Crippen LogP contribution is 2.21. The molecule has 6 nitrogen and oxygen atoms in total. The van der Waals surface area contributed by atoms with Crippen LogP contribution in [0.3, 0.4) is 0 Å². The van der Waals surface area contributed by atoms with Gasteiger partial charge >= 0.3 is 0 Å². The molecule has 2 aromatic carbocycles. The SMILES string of the molecule is Cc1nc(COc2ccccc2C(=O)Nc2ccc(F)c(F)c2)no1. The first-order valence-corrected chi connectivity index (χ1v) is 7.30. The summed E-state index contributed by atoms with van der Waals surface area (Å²) in [4.78, 5) is 16.4. The number of nitrogens with zero attached hydrogens (tertiary/aromatic N) is 2. The topological polar surface area (TPSA) is 77.2 Å². The van der Waals surface area contributed by atoms with Crippen LogP contribution < -0.4 is 10.1 Å². The first kappa shape index (κ1) is 16.6. The lowest BCUT2D eigenvalue weighted by Gasteiger charge is -2.10. The third kappa shape index (κ3) is 3.97. The highest BCUT2D eigenvalue weighted by molar-refractivity contribution is 6.06. The van der Waals surface area contributed by atoms with Crippen LogP contribution in [0.5, 0.6) is 5.75 Å². The zero-order valence-electron chi connectivity index (χ0n) is 13.1. The number of amides is 1. The summed E-state index contributed by atoms with van der Waals surface area (Å²) in [5, 5.41) is 6.20. The Morgan fingerprint density at radius 1 is 1.20 bits per heavy atom. The van der Waals surface area contributed by atoms with Crippen molar-refractivity contribution in [2.45, 2.75) is 13.5 Å². The molecule has 0 aliphatic carbocycles. The summed E-state index contributed by atoms with van der Waals surface area (Å²) in [5.74, 6) is -1.51. The van der Waals surface area contributed by atoms with Crippen LogP contribution in [-0.4, -0.2) is 16.0 Å². The van der Waals surface area contributed by atoms with Crippen molar-refractivity contribution in [1.29, 1.82) is 0 Å². The van der Waals surface area contributed by atoms with Gasteiger partial charge in [-0.25, -0.2) is 8.78 Å². The third-order valence-electron chi connectivity index (χ3n) is 3.24. The second-order valence-corrected chi connectivity index (χ2v) is 5.10. The molecule has 0 atom stereocenters. The van der Waals surface area contributed by atoms with Gasteiger partial charge in [-0.3, -0.25) is 4.79 Å². The number of para-hydroxylation sites is 1. The van der Waals surface area contributed by atoms with E-state index in [1.54, 1.807) is 31.2 Å². The Bertz CT molecular complexity index is 912. The van der Waals surface area contributed by atoms with E-state index in [0.717, 1.165) is 12.1 Å². The number of hydrogen-bond acceptors (Lipinski definition) is 5. The van der Waals surface area contributed by atoms with Crippen LogP contribution >= 0.6 is 0 Å². The van der Waals surface area contributed by atoms with Crippen LogP contribution in [0, 0.1) is 18.6 Å². The van der Waals surface area contributed by atoms with Crippen LogP contribution in [0.25, 0.3) is 0 Å². The van der Waals surface area contributed by atoms with Gasteiger partial charge in [0.1, 0.15) is 5.75 Å². The maximum Gasteiger partial charge on any atom is 0.259 e. The Labute approximate surface area is 141 Å². The van der Waals surface area contributed by atoms with Gasteiger partial charge in [0.05, 0.1) is 5.56 Å². The van der Waals surface area contributed by atoms with Gasteiger partial charge in [-0.15, -0.1) is 0 Å². The van der Waals surface area contributed by atoms with E-state index in [-0.39, 0.29) is 17.9 Å². The van der Waals surface area contributed by atoms with Crippen molar-refractivity contribution in [3.8, 4) is 5.75 Å². The summed E-state index contributed by atoms with van der Waals surface area (Å²) in [6.45, 7) is 1.67. The smallest absolute Gasteiger partial charge is 0.259 e. The number of hydrogen-bond donors (Lipinski definition) is 1. The van der Waals surface area contributed by atoms with Gasteiger partial charge in [0.15, 0.2) is 18.2 Å². The lowest BCUT2D eigenvalue weighted by atomic mass is 10.2. The van der Waals surface area contributed by atoms with Gasteiger partial charge in [0.2, 0.25) is 11.7 Å². The molecule has 0 radical (unpaired) electrons. The number of carbonyl (C=O) groups excluding carboxylic acids is 1. The average molecular weight is 345 g/mol. The van der Waals surface area contributed by atoms with Gasteiger partial charge in [-0.1, -0.05) is 17.3 Å². The largest absolute Gasteiger partial charge is 0.485 e. The molecule has 0 unspecified atom stereocenters. The van der Waals surface area contributed by atoms with Crippen molar-refractivity contribution in [3.63, 3.8) is 0 Å². The van der Waals surface area contributed by atoms with Crippen LogP contribution in [0.4, 0.5) is 14.5 Å². The summed E-state index contributed by atoms with van der Waals surface area (Å²) in [7, 11) is 0. The summed E-state index contributed by atoms with van der Waals surface area (Å²) in [6.07, 6.45) is 0. The normalized spacial score (nSPS) is 10.5. The number of carbonyl (C=O) groups is 1. The van der Waals surface area contributed by atoms with E-state index >= 15 is 0 Å². The van der Waals surface area contributed by atoms with E-state index < -0.39 is 17.5 Å². The number of halogens is 2. The molecule has 8 heteroatoms. The van der Waals surface area contributed by atoms with Crippen molar-refractivity contribution >= 4 is 11.6 Å². The zero-order chi connectivity index (χ0) is 17.8. The molecule has 1 heterocycles. The first-order chi connectivity index (χ1) is 12.0. The quantitative estimate of drug-likeness (QED) is 0.766. The van der Waals surface area contributed by atoms with Gasteiger partial charge in [-0.2, -0.15) is 4.98 Å². The molecule has 0 aliphatic heterocycles. The lowest BCUT2D eigenvalue weighted by Crippen LogP contribution is -2.14. The fourth-order valence-corrected chi connectivity index (χ4v) is 2.09. The summed E-state index contributed by atoms with van der Waals surface area (Å²) in [6, 6.07) is 9.61. The number of ether oxygens (including phenoxy) is 1. The molecule has 0 aliphatic rings. The Kier molecular flexibility index (Phi) is 4.69. The second kappa shape index (κ2) is 7.08. The van der Waals surface area contributed by atoms with Crippen molar-refractivity contribution < 1.29 is 22.8 Å². The maximum atomic E-state index is 13.2. The fourth-order valence-electron chi connectivity index (χ4n) is 2.09. The molecule has 0 saturated heterocycles. The zero-order valence-corrected chi connectivity index (χ0v) is 13.1. The molecule has 1 amide bonds. The number of anilines is 1. The molecule has 0 spiro atoms. The maximum absolute atomic E-state index is 13.2. The number of nitrogens with one attached hydrogen (secondary N) is 1. The first-order valence-electron chi connectivity index (χ1n) is 7.30. The van der Waals surface area contributed by atoms with Crippen molar-refractivity contribution in [1.82, 2.24) is 10.1 Å². The van der Waals surface area contributed by atoms with E-state index in [9.17, 15) is 13.6 Å². The minimum absolute atomic E-state index is 0.0206. The molecule has 0 bridgehead atoms. The molecule has 0 fully saturated rings. The Morgan fingerprint density at radius 3 is 2.72 bits per heavy atom. The average Bonchev–Trinajstić information content (AvgIpc) is 3.02. The second-order valence-electron chi connectivity index (χ2n) is 5.10. The van der Waals surface area contributed by atoms with Crippen molar-refractivity contribution in [3.05, 3.63) is 71.4 Å². The van der Waals surface area contributed by atoms with Crippen LogP contribution in [0.2, 0.25) is 0 Å². The predicted octanol–water partition coefficient (Wildman–Crippen LogP) is 3.49. The Morgan fingerprint density at radius 2 is 2.00 bits per heavy atom.